The van der Waals surface area contributed by atoms with Crippen molar-refractivity contribution in [2.24, 2.45) is 11.8 Å². The lowest BCUT2D eigenvalue weighted by Gasteiger charge is -2.33. The summed E-state index contributed by atoms with van der Waals surface area (Å²) in [4.78, 5) is 38.4. The summed E-state index contributed by atoms with van der Waals surface area (Å²) in [7, 11) is -4.19. The molecule has 1 atom stereocenters. The molecular weight excluding hydrogens is 585 g/mol. The smallest absolute Gasteiger partial charge is 0.266 e. The molecule has 3 aromatic rings. The number of sulfonamides is 1. The molecule has 2 heterocycles. The van der Waals surface area contributed by atoms with E-state index in [0.717, 1.165) is 5.56 Å². The zero-order valence-corrected chi connectivity index (χ0v) is 24.5. The first-order valence-corrected chi connectivity index (χ1v) is 15.6. The van der Waals surface area contributed by atoms with E-state index in [9.17, 15) is 22.8 Å². The second kappa shape index (κ2) is 12.2. The average molecular weight is 615 g/mol. The highest BCUT2D eigenvalue weighted by Gasteiger charge is 2.34. The second-order valence-electron chi connectivity index (χ2n) is 10.4. The highest BCUT2D eigenvalue weighted by Crippen LogP contribution is 2.33. The van der Waals surface area contributed by atoms with E-state index in [1.807, 2.05) is 30.3 Å². The number of benzene rings is 3. The van der Waals surface area contributed by atoms with Crippen molar-refractivity contribution in [3.8, 4) is 0 Å². The molecule has 2 aliphatic heterocycles. The van der Waals surface area contributed by atoms with Gasteiger partial charge in [-0.3, -0.25) is 24.0 Å². The van der Waals surface area contributed by atoms with E-state index < -0.39 is 10.0 Å². The molecule has 8 nitrogen and oxygen atoms in total. The van der Waals surface area contributed by atoms with E-state index in [0.29, 0.717) is 43.1 Å². The molecule has 11 heteroatoms. The lowest BCUT2D eigenvalue weighted by molar-refractivity contribution is -0.126. The molecule has 0 bridgehead atoms. The number of rotatable bonds is 8. The molecule has 3 amide bonds. The Kier molecular flexibility index (Phi) is 8.68. The molecule has 0 aromatic heterocycles. The summed E-state index contributed by atoms with van der Waals surface area (Å²) in [6, 6.07) is 20.0. The summed E-state index contributed by atoms with van der Waals surface area (Å²) in [6.45, 7) is 1.00. The number of halogens is 2. The molecule has 0 aliphatic carbocycles. The number of nitrogens with zero attached hydrogens (tertiary/aromatic N) is 2. The third-order valence-corrected chi connectivity index (χ3v) is 10.1. The van der Waals surface area contributed by atoms with Crippen LogP contribution in [-0.2, 0) is 26.2 Å². The van der Waals surface area contributed by atoms with E-state index in [-0.39, 0.29) is 58.0 Å². The van der Waals surface area contributed by atoms with E-state index in [1.54, 1.807) is 29.2 Å². The second-order valence-corrected chi connectivity index (χ2v) is 13.1. The van der Waals surface area contributed by atoms with Gasteiger partial charge in [-0.05, 0) is 73.2 Å². The molecule has 0 radical (unpaired) electrons. The molecule has 2 saturated heterocycles. The largest absolute Gasteiger partial charge is 0.339 e. The van der Waals surface area contributed by atoms with Gasteiger partial charge in [-0.25, -0.2) is 8.42 Å². The van der Waals surface area contributed by atoms with Gasteiger partial charge in [0.05, 0.1) is 17.3 Å². The molecule has 2 fully saturated rings. The molecule has 5 rings (SSSR count). The fraction of sp³-hybridized carbons (Fsp3) is 0.300. The fourth-order valence-corrected chi connectivity index (χ4v) is 7.46. The first-order chi connectivity index (χ1) is 19.6. The lowest BCUT2D eigenvalue weighted by Crippen LogP contribution is -2.39. The van der Waals surface area contributed by atoms with Gasteiger partial charge in [-0.1, -0.05) is 53.5 Å². The fourth-order valence-electron chi connectivity index (χ4n) is 5.38. The van der Waals surface area contributed by atoms with Gasteiger partial charge >= 0.3 is 0 Å². The molecule has 214 valence electrons. The van der Waals surface area contributed by atoms with Crippen LogP contribution in [0.4, 0.5) is 5.69 Å². The van der Waals surface area contributed by atoms with Crippen molar-refractivity contribution in [1.29, 1.82) is 0 Å². The SMILES string of the molecule is O=C1CC(CC2CCN(C(=O)c3ccc(Cl)c(S(=O)(=O)N(Cc4ccccc4)c4ccc(Cl)cc4)c3)CC2)C(=O)N1. The van der Waals surface area contributed by atoms with Crippen LogP contribution in [0.2, 0.25) is 10.0 Å². The summed E-state index contributed by atoms with van der Waals surface area (Å²) >= 11 is 12.5. The third-order valence-electron chi connectivity index (χ3n) is 7.61. The summed E-state index contributed by atoms with van der Waals surface area (Å²) in [5, 5.41) is 2.83. The Morgan fingerprint density at radius 2 is 1.63 bits per heavy atom. The molecule has 1 unspecified atom stereocenters. The molecule has 0 spiro atoms. The molecule has 2 aliphatic rings. The number of likely N-dealkylation sites (tertiary alicyclic amines) is 1. The highest BCUT2D eigenvalue weighted by molar-refractivity contribution is 7.93. The van der Waals surface area contributed by atoms with E-state index >= 15 is 0 Å². The number of imide groups is 1. The van der Waals surface area contributed by atoms with Gasteiger partial charge in [0.1, 0.15) is 4.90 Å². The van der Waals surface area contributed by atoms with Crippen molar-refractivity contribution in [2.75, 3.05) is 17.4 Å². The van der Waals surface area contributed by atoms with E-state index in [2.05, 4.69) is 5.32 Å². The van der Waals surface area contributed by atoms with Crippen molar-refractivity contribution < 1.29 is 22.8 Å². The average Bonchev–Trinajstić information content (AvgIpc) is 3.28. The lowest BCUT2D eigenvalue weighted by atomic mass is 9.86. The Morgan fingerprint density at radius 3 is 2.27 bits per heavy atom. The highest BCUT2D eigenvalue weighted by atomic mass is 35.5. The van der Waals surface area contributed by atoms with E-state index in [1.165, 1.54) is 22.5 Å². The zero-order valence-electron chi connectivity index (χ0n) is 22.1. The van der Waals surface area contributed by atoms with Gasteiger partial charge in [-0.2, -0.15) is 0 Å². The minimum absolute atomic E-state index is 0.0108. The number of piperidine rings is 1. The summed E-state index contributed by atoms with van der Waals surface area (Å²) in [6.07, 6.45) is 2.23. The van der Waals surface area contributed by atoms with Crippen molar-refractivity contribution in [3.63, 3.8) is 0 Å². The Balaban J connectivity index is 1.36. The van der Waals surface area contributed by atoms with Crippen molar-refractivity contribution >= 4 is 56.6 Å². The summed E-state index contributed by atoms with van der Waals surface area (Å²) in [5.41, 5.74) is 1.41. The maximum absolute atomic E-state index is 14.1. The van der Waals surface area contributed by atoms with Crippen LogP contribution in [0.15, 0.2) is 77.7 Å². The van der Waals surface area contributed by atoms with Gasteiger partial charge in [0.15, 0.2) is 0 Å². The van der Waals surface area contributed by atoms with Gasteiger partial charge < -0.3 is 4.90 Å². The Labute approximate surface area is 249 Å². The molecule has 1 N–H and O–H groups in total. The minimum atomic E-state index is -4.19. The van der Waals surface area contributed by atoms with Crippen LogP contribution in [0.25, 0.3) is 0 Å². The van der Waals surface area contributed by atoms with Crippen LogP contribution in [-0.4, -0.2) is 44.1 Å². The zero-order chi connectivity index (χ0) is 29.1. The normalized spacial score (nSPS) is 17.9. The third kappa shape index (κ3) is 6.58. The first-order valence-electron chi connectivity index (χ1n) is 13.4. The summed E-state index contributed by atoms with van der Waals surface area (Å²) < 4.78 is 29.4. The van der Waals surface area contributed by atoms with Crippen molar-refractivity contribution in [3.05, 3.63) is 94.0 Å². The van der Waals surface area contributed by atoms with Crippen LogP contribution < -0.4 is 9.62 Å². The predicted octanol–water partition coefficient (Wildman–Crippen LogP) is 5.29. The van der Waals surface area contributed by atoms with Crippen LogP contribution in [0.3, 0.4) is 0 Å². The van der Waals surface area contributed by atoms with Gasteiger partial charge in [-0.15, -0.1) is 0 Å². The predicted molar refractivity (Wildman–Crippen MR) is 157 cm³/mol. The first kappa shape index (κ1) is 29.1. The molecule has 0 saturated carbocycles. The van der Waals surface area contributed by atoms with Crippen LogP contribution in [0.5, 0.6) is 0 Å². The topological polar surface area (TPSA) is 104 Å². The van der Waals surface area contributed by atoms with Crippen LogP contribution >= 0.6 is 23.2 Å². The molecule has 41 heavy (non-hydrogen) atoms. The van der Waals surface area contributed by atoms with Crippen molar-refractivity contribution in [1.82, 2.24) is 10.2 Å². The number of amides is 3. The maximum atomic E-state index is 14.1. The number of anilines is 1. The number of carbonyl (C=O) groups is 3. The standard InChI is InChI=1S/C30H29Cl2N3O5S/c31-24-7-9-25(10-8-24)35(19-21-4-2-1-3-5-21)41(39,40)27-17-22(6-11-26(27)32)30(38)34-14-12-20(13-15-34)16-23-18-28(36)33-29(23)37/h1-11,17,20,23H,12-16,18-19H2,(H,33,36,37). The van der Waals surface area contributed by atoms with Crippen LogP contribution in [0.1, 0.15) is 41.6 Å². The van der Waals surface area contributed by atoms with Gasteiger partial charge in [0, 0.05) is 36.0 Å². The number of hydrogen-bond donors (Lipinski definition) is 1. The molecular formula is C30H29Cl2N3O5S. The van der Waals surface area contributed by atoms with Gasteiger partial charge in [0.25, 0.3) is 15.9 Å². The Bertz CT molecular complexity index is 1560. The molecule has 3 aromatic carbocycles. The summed E-state index contributed by atoms with van der Waals surface area (Å²) in [5.74, 6) is -0.819. The Morgan fingerprint density at radius 1 is 0.951 bits per heavy atom. The monoisotopic (exact) mass is 613 g/mol. The van der Waals surface area contributed by atoms with Gasteiger partial charge in [0.2, 0.25) is 11.8 Å². The quantitative estimate of drug-likeness (QED) is 0.347. The Hall–Kier alpha value is -3.40. The van der Waals surface area contributed by atoms with E-state index in [4.69, 9.17) is 23.2 Å². The number of carbonyl (C=O) groups excluding carboxylic acids is 3. The minimum Gasteiger partial charge on any atom is -0.339 e. The van der Waals surface area contributed by atoms with Crippen molar-refractivity contribution in [2.45, 2.75) is 37.1 Å². The number of nitrogens with one attached hydrogen (secondary N) is 1. The number of hydrogen-bond acceptors (Lipinski definition) is 5. The van der Waals surface area contributed by atoms with Crippen LogP contribution in [0, 0.1) is 11.8 Å². The maximum Gasteiger partial charge on any atom is 0.266 e.